The summed E-state index contributed by atoms with van der Waals surface area (Å²) < 4.78 is 0. The molecule has 0 aromatic rings. The van der Waals surface area contributed by atoms with Gasteiger partial charge in [0.25, 0.3) is 0 Å². The summed E-state index contributed by atoms with van der Waals surface area (Å²) in [6, 6.07) is 0. The molecule has 1 fully saturated rings. The number of carbonyl (C=O) groups excluding carboxylic acids is 1. The van der Waals surface area contributed by atoms with Gasteiger partial charge in [-0.3, -0.25) is 9.59 Å². The second kappa shape index (κ2) is 8.08. The molecule has 0 aromatic heterocycles. The van der Waals surface area contributed by atoms with Gasteiger partial charge >= 0.3 is 5.97 Å². The van der Waals surface area contributed by atoms with Crippen LogP contribution in [0.3, 0.4) is 0 Å². The Bertz CT molecular complexity index is 273. The van der Waals surface area contributed by atoms with E-state index in [-0.39, 0.29) is 12.3 Å². The van der Waals surface area contributed by atoms with E-state index in [0.717, 1.165) is 38.9 Å². The molecule has 0 aromatic carbocycles. The fourth-order valence-corrected chi connectivity index (χ4v) is 2.37. The molecule has 104 valence electrons. The second-order valence-electron chi connectivity index (χ2n) is 4.92. The van der Waals surface area contributed by atoms with E-state index in [1.807, 2.05) is 6.92 Å². The summed E-state index contributed by atoms with van der Waals surface area (Å²) in [6.07, 6.45) is 3.75. The van der Waals surface area contributed by atoms with Gasteiger partial charge in [0, 0.05) is 25.9 Å². The van der Waals surface area contributed by atoms with Gasteiger partial charge in [-0.05, 0) is 45.2 Å². The average Bonchev–Trinajstić information content (AvgIpc) is 2.35. The number of hydrogen-bond donors (Lipinski definition) is 2. The maximum absolute atomic E-state index is 11.3. The maximum Gasteiger partial charge on any atom is 0.303 e. The van der Waals surface area contributed by atoms with E-state index >= 15 is 0 Å². The Morgan fingerprint density at radius 1 is 1.28 bits per heavy atom. The number of hydrogen-bond acceptors (Lipinski definition) is 3. The van der Waals surface area contributed by atoms with Crippen molar-refractivity contribution in [2.24, 2.45) is 5.92 Å². The number of amides is 1. The Labute approximate surface area is 109 Å². The third-order valence-corrected chi connectivity index (χ3v) is 3.50. The molecule has 5 nitrogen and oxygen atoms in total. The Balaban J connectivity index is 2.11. The predicted molar refractivity (Wildman–Crippen MR) is 69.3 cm³/mol. The highest BCUT2D eigenvalue weighted by molar-refractivity contribution is 5.75. The molecule has 2 N–H and O–H groups in total. The highest BCUT2D eigenvalue weighted by Gasteiger charge is 2.19. The minimum atomic E-state index is -0.700. The third-order valence-electron chi connectivity index (χ3n) is 3.50. The number of likely N-dealkylation sites (tertiary alicyclic amines) is 1. The summed E-state index contributed by atoms with van der Waals surface area (Å²) in [6.45, 7) is 5.41. The lowest BCUT2D eigenvalue weighted by atomic mass is 9.92. The van der Waals surface area contributed by atoms with Gasteiger partial charge in [0.2, 0.25) is 5.91 Å². The molecule has 0 bridgehead atoms. The Kier molecular flexibility index (Phi) is 6.72. The van der Waals surface area contributed by atoms with Crippen LogP contribution in [0.25, 0.3) is 0 Å². The van der Waals surface area contributed by atoms with Crippen molar-refractivity contribution in [2.45, 2.75) is 39.0 Å². The van der Waals surface area contributed by atoms with Crippen LogP contribution in [0.15, 0.2) is 0 Å². The lowest BCUT2D eigenvalue weighted by molar-refractivity contribution is -0.137. The van der Waals surface area contributed by atoms with Crippen LogP contribution >= 0.6 is 0 Å². The number of aliphatic carboxylic acids is 1. The van der Waals surface area contributed by atoms with Crippen molar-refractivity contribution in [1.29, 1.82) is 0 Å². The second-order valence-corrected chi connectivity index (χ2v) is 4.92. The molecule has 1 aliphatic heterocycles. The van der Waals surface area contributed by atoms with Crippen LogP contribution in [0.4, 0.5) is 0 Å². The van der Waals surface area contributed by atoms with Crippen molar-refractivity contribution in [3.8, 4) is 0 Å². The Hall–Kier alpha value is -1.10. The SMILES string of the molecule is CCNC(=O)CCN1CCC(CCC(=O)O)CC1. The van der Waals surface area contributed by atoms with E-state index < -0.39 is 5.97 Å². The zero-order valence-electron chi connectivity index (χ0n) is 11.2. The number of carboxylic acid groups (broad SMARTS) is 1. The van der Waals surface area contributed by atoms with E-state index in [4.69, 9.17) is 5.11 Å². The fraction of sp³-hybridized carbons (Fsp3) is 0.846. The summed E-state index contributed by atoms with van der Waals surface area (Å²) in [7, 11) is 0. The first-order valence-corrected chi connectivity index (χ1v) is 6.82. The Morgan fingerprint density at radius 2 is 1.94 bits per heavy atom. The van der Waals surface area contributed by atoms with Crippen LogP contribution < -0.4 is 5.32 Å². The van der Waals surface area contributed by atoms with Gasteiger partial charge in [0.05, 0.1) is 0 Å². The minimum Gasteiger partial charge on any atom is -0.481 e. The van der Waals surface area contributed by atoms with Crippen molar-refractivity contribution < 1.29 is 14.7 Å². The highest BCUT2D eigenvalue weighted by Crippen LogP contribution is 2.21. The number of nitrogens with zero attached hydrogens (tertiary/aromatic N) is 1. The quantitative estimate of drug-likeness (QED) is 0.715. The summed E-state index contributed by atoms with van der Waals surface area (Å²) in [4.78, 5) is 24.1. The monoisotopic (exact) mass is 256 g/mol. The molecule has 1 amide bonds. The minimum absolute atomic E-state index is 0.116. The zero-order chi connectivity index (χ0) is 13.4. The van der Waals surface area contributed by atoms with Crippen LogP contribution in [0.5, 0.6) is 0 Å². The smallest absolute Gasteiger partial charge is 0.303 e. The van der Waals surface area contributed by atoms with Gasteiger partial charge in [0.1, 0.15) is 0 Å². The molecular formula is C13H24N2O3. The average molecular weight is 256 g/mol. The first kappa shape index (κ1) is 15.0. The summed E-state index contributed by atoms with van der Waals surface area (Å²) in [5.74, 6) is -0.0408. The first-order valence-electron chi connectivity index (χ1n) is 6.82. The Morgan fingerprint density at radius 3 is 2.50 bits per heavy atom. The summed E-state index contributed by atoms with van der Waals surface area (Å²) in [5.41, 5.74) is 0. The normalized spacial score (nSPS) is 17.6. The van der Waals surface area contributed by atoms with Gasteiger partial charge in [-0.2, -0.15) is 0 Å². The van der Waals surface area contributed by atoms with Gasteiger partial charge in [-0.15, -0.1) is 0 Å². The van der Waals surface area contributed by atoms with E-state index in [0.29, 0.717) is 18.9 Å². The third kappa shape index (κ3) is 6.00. The molecule has 0 unspecified atom stereocenters. The number of rotatable bonds is 7. The van der Waals surface area contributed by atoms with E-state index in [9.17, 15) is 9.59 Å². The number of carboxylic acids is 1. The van der Waals surface area contributed by atoms with Crippen LogP contribution in [-0.2, 0) is 9.59 Å². The molecule has 18 heavy (non-hydrogen) atoms. The maximum atomic E-state index is 11.3. The standard InChI is InChI=1S/C13H24N2O3/c1-2-14-12(16)7-10-15-8-5-11(6-9-15)3-4-13(17)18/h11H,2-10H2,1H3,(H,14,16)(H,17,18). The molecule has 1 rings (SSSR count). The number of piperidine rings is 1. The molecule has 0 saturated carbocycles. The van der Waals surface area contributed by atoms with Crippen molar-refractivity contribution in [1.82, 2.24) is 10.2 Å². The molecule has 0 radical (unpaired) electrons. The summed E-state index contributed by atoms with van der Waals surface area (Å²) in [5, 5.41) is 11.4. The van der Waals surface area contributed by atoms with E-state index in [2.05, 4.69) is 10.2 Å². The van der Waals surface area contributed by atoms with Crippen molar-refractivity contribution in [3.05, 3.63) is 0 Å². The predicted octanol–water partition coefficient (Wildman–Crippen LogP) is 1.09. The molecule has 0 aliphatic carbocycles. The zero-order valence-corrected chi connectivity index (χ0v) is 11.2. The van der Waals surface area contributed by atoms with E-state index in [1.165, 1.54) is 0 Å². The van der Waals surface area contributed by atoms with Gasteiger partial charge in [-0.25, -0.2) is 0 Å². The lowest BCUT2D eigenvalue weighted by Crippen LogP contribution is -2.36. The fourth-order valence-electron chi connectivity index (χ4n) is 2.37. The van der Waals surface area contributed by atoms with Crippen LogP contribution in [0, 0.1) is 5.92 Å². The van der Waals surface area contributed by atoms with E-state index in [1.54, 1.807) is 0 Å². The molecule has 1 saturated heterocycles. The van der Waals surface area contributed by atoms with Crippen LogP contribution in [0.2, 0.25) is 0 Å². The molecule has 1 aliphatic rings. The van der Waals surface area contributed by atoms with Crippen molar-refractivity contribution >= 4 is 11.9 Å². The number of nitrogens with one attached hydrogen (secondary N) is 1. The molecule has 1 heterocycles. The number of carbonyl (C=O) groups is 2. The molecule has 5 heteroatoms. The van der Waals surface area contributed by atoms with Crippen LogP contribution in [-0.4, -0.2) is 48.1 Å². The van der Waals surface area contributed by atoms with Crippen molar-refractivity contribution in [3.63, 3.8) is 0 Å². The molecular weight excluding hydrogens is 232 g/mol. The largest absolute Gasteiger partial charge is 0.481 e. The van der Waals surface area contributed by atoms with Gasteiger partial charge < -0.3 is 15.3 Å². The van der Waals surface area contributed by atoms with Crippen molar-refractivity contribution in [2.75, 3.05) is 26.2 Å². The lowest BCUT2D eigenvalue weighted by Gasteiger charge is -2.31. The highest BCUT2D eigenvalue weighted by atomic mass is 16.4. The summed E-state index contributed by atoms with van der Waals surface area (Å²) >= 11 is 0. The van der Waals surface area contributed by atoms with Gasteiger partial charge in [-0.1, -0.05) is 0 Å². The molecule has 0 atom stereocenters. The molecule has 0 spiro atoms. The topological polar surface area (TPSA) is 69.6 Å². The van der Waals surface area contributed by atoms with Gasteiger partial charge in [0.15, 0.2) is 0 Å². The van der Waals surface area contributed by atoms with Crippen LogP contribution in [0.1, 0.15) is 39.0 Å². The first-order chi connectivity index (χ1) is 8.61.